The van der Waals surface area contributed by atoms with Gasteiger partial charge in [0.15, 0.2) is 5.79 Å². The fraction of sp³-hybridized carbons (Fsp3) is 0.611. The van der Waals surface area contributed by atoms with Gasteiger partial charge in [0, 0.05) is 6.92 Å². The average molecular weight is 336 g/mol. The highest BCUT2D eigenvalue weighted by atomic mass is 16.8. The molecule has 0 unspecified atom stereocenters. The number of ether oxygens (including phenoxy) is 4. The van der Waals surface area contributed by atoms with Crippen molar-refractivity contribution in [2.24, 2.45) is 5.92 Å². The summed E-state index contributed by atoms with van der Waals surface area (Å²) < 4.78 is 22.9. The number of esters is 1. The van der Waals surface area contributed by atoms with E-state index >= 15 is 0 Å². The number of fused-ring (bicyclic) bond motifs is 1. The summed E-state index contributed by atoms with van der Waals surface area (Å²) in [6.45, 7) is 5.46. The van der Waals surface area contributed by atoms with Gasteiger partial charge in [0.05, 0.1) is 31.3 Å². The van der Waals surface area contributed by atoms with Crippen molar-refractivity contribution in [1.82, 2.24) is 0 Å². The van der Waals surface area contributed by atoms with E-state index in [1.165, 1.54) is 6.92 Å². The van der Waals surface area contributed by atoms with E-state index in [1.54, 1.807) is 0 Å². The number of rotatable bonds is 5. The van der Waals surface area contributed by atoms with Crippen molar-refractivity contribution in [3.8, 4) is 0 Å². The summed E-state index contributed by atoms with van der Waals surface area (Å²) in [4.78, 5) is 11.1. The van der Waals surface area contributed by atoms with E-state index in [1.807, 2.05) is 44.2 Å². The Balaban J connectivity index is 1.71. The molecule has 1 saturated heterocycles. The number of hydrogen-bond donors (Lipinski definition) is 1. The van der Waals surface area contributed by atoms with Crippen LogP contribution in [0.4, 0.5) is 0 Å². The van der Waals surface area contributed by atoms with Crippen LogP contribution in [0.5, 0.6) is 0 Å². The molecule has 0 amide bonds. The van der Waals surface area contributed by atoms with Crippen LogP contribution in [0.25, 0.3) is 0 Å². The maximum absolute atomic E-state index is 11.1. The summed E-state index contributed by atoms with van der Waals surface area (Å²) in [6, 6.07) is 9.74. The summed E-state index contributed by atoms with van der Waals surface area (Å²) in [5.41, 5.74) is 1.02. The maximum Gasteiger partial charge on any atom is 0.302 e. The van der Waals surface area contributed by atoms with E-state index in [2.05, 4.69) is 0 Å². The highest BCUT2D eigenvalue weighted by Gasteiger charge is 2.59. The van der Waals surface area contributed by atoms with Gasteiger partial charge in [-0.05, 0) is 19.4 Å². The van der Waals surface area contributed by atoms with Crippen molar-refractivity contribution in [3.05, 3.63) is 35.9 Å². The molecule has 1 heterocycles. The molecule has 132 valence electrons. The van der Waals surface area contributed by atoms with Crippen molar-refractivity contribution in [3.63, 3.8) is 0 Å². The summed E-state index contributed by atoms with van der Waals surface area (Å²) in [5.74, 6) is -1.51. The number of hydrogen-bond acceptors (Lipinski definition) is 6. The fourth-order valence-corrected chi connectivity index (χ4v) is 3.40. The molecule has 0 radical (unpaired) electrons. The lowest BCUT2D eigenvalue weighted by Crippen LogP contribution is -2.38. The van der Waals surface area contributed by atoms with Crippen LogP contribution < -0.4 is 0 Å². The molecular formula is C18H24O6. The average Bonchev–Trinajstić information content (AvgIpc) is 2.94. The third-order valence-corrected chi connectivity index (χ3v) is 4.45. The molecule has 0 aromatic heterocycles. The predicted molar refractivity (Wildman–Crippen MR) is 85.0 cm³/mol. The van der Waals surface area contributed by atoms with Gasteiger partial charge in [-0.1, -0.05) is 30.3 Å². The minimum Gasteiger partial charge on any atom is -0.465 e. The van der Waals surface area contributed by atoms with E-state index in [4.69, 9.17) is 18.9 Å². The number of carbonyl (C=O) groups is 1. The summed E-state index contributed by atoms with van der Waals surface area (Å²) in [5, 5.41) is 10.6. The molecule has 3 rings (SSSR count). The predicted octanol–water partition coefficient (Wildman–Crippen LogP) is 1.65. The van der Waals surface area contributed by atoms with Crippen molar-refractivity contribution < 1.29 is 28.8 Å². The van der Waals surface area contributed by atoms with Crippen LogP contribution in [0, 0.1) is 5.92 Å². The van der Waals surface area contributed by atoms with Gasteiger partial charge in [0.2, 0.25) is 0 Å². The summed E-state index contributed by atoms with van der Waals surface area (Å²) >= 11 is 0. The number of aliphatic hydroxyl groups is 1. The van der Waals surface area contributed by atoms with Gasteiger partial charge in [0.1, 0.15) is 12.2 Å². The largest absolute Gasteiger partial charge is 0.465 e. The molecule has 0 spiro atoms. The molecule has 24 heavy (non-hydrogen) atoms. The summed E-state index contributed by atoms with van der Waals surface area (Å²) in [7, 11) is 0. The molecule has 1 aliphatic heterocycles. The molecule has 2 aliphatic rings. The third-order valence-electron chi connectivity index (χ3n) is 4.45. The first-order valence-corrected chi connectivity index (χ1v) is 8.20. The first-order chi connectivity index (χ1) is 11.4. The van der Waals surface area contributed by atoms with Gasteiger partial charge in [-0.2, -0.15) is 0 Å². The minimum absolute atomic E-state index is 0.0856. The Bertz CT molecular complexity index is 572. The topological polar surface area (TPSA) is 74.2 Å². The summed E-state index contributed by atoms with van der Waals surface area (Å²) in [6.07, 6.45) is -2.11. The fourth-order valence-electron chi connectivity index (χ4n) is 3.40. The first-order valence-electron chi connectivity index (χ1n) is 8.20. The van der Waals surface area contributed by atoms with Crippen molar-refractivity contribution in [1.29, 1.82) is 0 Å². The normalized spacial score (nSPS) is 34.1. The third kappa shape index (κ3) is 3.62. The zero-order valence-corrected chi connectivity index (χ0v) is 14.2. The van der Waals surface area contributed by atoms with Crippen molar-refractivity contribution >= 4 is 5.97 Å². The van der Waals surface area contributed by atoms with E-state index in [9.17, 15) is 9.90 Å². The molecule has 1 saturated carbocycles. The van der Waals surface area contributed by atoms with Crippen LogP contribution >= 0.6 is 0 Å². The van der Waals surface area contributed by atoms with Gasteiger partial charge in [-0.25, -0.2) is 0 Å². The van der Waals surface area contributed by atoms with Crippen molar-refractivity contribution in [2.75, 3.05) is 6.61 Å². The molecule has 6 nitrogen and oxygen atoms in total. The Morgan fingerprint density at radius 3 is 2.54 bits per heavy atom. The zero-order valence-electron chi connectivity index (χ0n) is 14.2. The monoisotopic (exact) mass is 336 g/mol. The maximum atomic E-state index is 11.1. The molecular weight excluding hydrogens is 312 g/mol. The number of carbonyl (C=O) groups excluding carboxylic acids is 1. The highest BCUT2D eigenvalue weighted by Crippen LogP contribution is 2.43. The molecule has 0 bridgehead atoms. The molecule has 1 N–H and O–H groups in total. The quantitative estimate of drug-likeness (QED) is 0.824. The lowest BCUT2D eigenvalue weighted by molar-refractivity contribution is -0.192. The first kappa shape index (κ1) is 17.4. The van der Waals surface area contributed by atoms with Gasteiger partial charge in [0.25, 0.3) is 0 Å². The van der Waals surface area contributed by atoms with Crippen LogP contribution in [-0.4, -0.2) is 47.9 Å². The second kappa shape index (κ2) is 6.80. The van der Waals surface area contributed by atoms with Gasteiger partial charge < -0.3 is 24.1 Å². The Labute approximate surface area is 141 Å². The van der Waals surface area contributed by atoms with Gasteiger partial charge >= 0.3 is 5.97 Å². The number of benzene rings is 1. The van der Waals surface area contributed by atoms with Crippen LogP contribution in [-0.2, 0) is 30.3 Å². The molecule has 1 aliphatic carbocycles. The second-order valence-corrected chi connectivity index (χ2v) is 6.78. The van der Waals surface area contributed by atoms with Crippen LogP contribution in [0.3, 0.4) is 0 Å². The Morgan fingerprint density at radius 1 is 1.21 bits per heavy atom. The lowest BCUT2D eigenvalue weighted by atomic mass is 10.0. The van der Waals surface area contributed by atoms with E-state index in [0.717, 1.165) is 5.56 Å². The Morgan fingerprint density at radius 2 is 1.88 bits per heavy atom. The van der Waals surface area contributed by atoms with Crippen molar-refractivity contribution in [2.45, 2.75) is 57.6 Å². The van der Waals surface area contributed by atoms with Crippen LogP contribution in [0.1, 0.15) is 26.3 Å². The highest BCUT2D eigenvalue weighted by molar-refractivity contribution is 5.65. The Hall–Kier alpha value is -1.47. The minimum atomic E-state index is -0.820. The standard InChI is InChI=1S/C18H24O6/c1-11(19)21-10-13-14(20)16(17-15(13)23-18(2,3)24-17)22-9-12-7-5-4-6-8-12/h4-8,13-17,20H,9-10H2,1-3H3/t13-,14+,15-,16-,17-/m0/s1. The van der Waals surface area contributed by atoms with E-state index in [-0.39, 0.29) is 30.7 Å². The Kier molecular flexibility index (Phi) is 4.92. The molecule has 1 aromatic carbocycles. The zero-order chi connectivity index (χ0) is 17.3. The second-order valence-electron chi connectivity index (χ2n) is 6.78. The number of aliphatic hydroxyl groups excluding tert-OH is 1. The smallest absolute Gasteiger partial charge is 0.302 e. The molecule has 1 aromatic rings. The van der Waals surface area contributed by atoms with E-state index < -0.39 is 18.0 Å². The van der Waals surface area contributed by atoms with Crippen LogP contribution in [0.15, 0.2) is 30.3 Å². The molecule has 2 fully saturated rings. The SMILES string of the molecule is CC(=O)OC[C@H]1[C@@H](O)[C@H](OCc2ccccc2)[C@H]2OC(C)(C)O[C@@H]12. The van der Waals surface area contributed by atoms with E-state index in [0.29, 0.717) is 6.61 Å². The molecule has 5 atom stereocenters. The molecule has 6 heteroatoms. The lowest BCUT2D eigenvalue weighted by Gasteiger charge is -2.27. The van der Waals surface area contributed by atoms with Gasteiger partial charge in [-0.15, -0.1) is 0 Å². The van der Waals surface area contributed by atoms with Crippen LogP contribution in [0.2, 0.25) is 0 Å². The van der Waals surface area contributed by atoms with Gasteiger partial charge in [-0.3, -0.25) is 4.79 Å².